The number of hydrogen-bond acceptors (Lipinski definition) is 5. The molecule has 110 valence electrons. The Morgan fingerprint density at radius 3 is 2.76 bits per heavy atom. The second-order valence-electron chi connectivity index (χ2n) is 4.59. The van der Waals surface area contributed by atoms with Crippen LogP contribution in [-0.4, -0.2) is 41.7 Å². The molecule has 2 aromatic rings. The number of aromatic carboxylic acids is 1. The molecule has 1 aromatic carbocycles. The van der Waals surface area contributed by atoms with E-state index in [0.717, 1.165) is 11.3 Å². The third-order valence-corrected chi connectivity index (χ3v) is 2.83. The molecular weight excluding hydrogens is 270 g/mol. The zero-order valence-corrected chi connectivity index (χ0v) is 12.2. The quantitative estimate of drug-likeness (QED) is 0.909. The van der Waals surface area contributed by atoms with Crippen LogP contribution in [0, 0.1) is 0 Å². The van der Waals surface area contributed by atoms with Gasteiger partial charge in [0.1, 0.15) is 17.1 Å². The van der Waals surface area contributed by atoms with Gasteiger partial charge in [-0.3, -0.25) is 0 Å². The van der Waals surface area contributed by atoms with Crippen molar-refractivity contribution in [3.8, 4) is 17.1 Å². The maximum absolute atomic E-state index is 11.2. The fourth-order valence-corrected chi connectivity index (χ4v) is 1.90. The van der Waals surface area contributed by atoms with Crippen LogP contribution < -0.4 is 9.64 Å². The normalized spacial score (nSPS) is 10.2. The fourth-order valence-electron chi connectivity index (χ4n) is 1.90. The molecule has 0 fully saturated rings. The van der Waals surface area contributed by atoms with Crippen LogP contribution in [0.25, 0.3) is 11.4 Å². The van der Waals surface area contributed by atoms with Crippen molar-refractivity contribution in [2.75, 3.05) is 25.6 Å². The number of rotatable bonds is 5. The highest BCUT2D eigenvalue weighted by Crippen LogP contribution is 2.24. The molecule has 0 unspecified atom stereocenters. The summed E-state index contributed by atoms with van der Waals surface area (Å²) in [4.78, 5) is 21.3. The van der Waals surface area contributed by atoms with Crippen LogP contribution in [-0.2, 0) is 0 Å². The fraction of sp³-hybridized carbons (Fsp3) is 0.267. The Bertz CT molecular complexity index is 656. The van der Waals surface area contributed by atoms with Gasteiger partial charge in [0.05, 0.1) is 6.61 Å². The lowest BCUT2D eigenvalue weighted by molar-refractivity contribution is 0.0697. The van der Waals surface area contributed by atoms with Crippen molar-refractivity contribution < 1.29 is 14.6 Å². The highest BCUT2D eigenvalue weighted by Gasteiger charge is 2.16. The molecule has 1 aromatic heterocycles. The second kappa shape index (κ2) is 6.21. The van der Waals surface area contributed by atoms with Gasteiger partial charge in [0, 0.05) is 25.9 Å². The summed E-state index contributed by atoms with van der Waals surface area (Å²) in [5.41, 5.74) is 0.853. The van der Waals surface area contributed by atoms with E-state index >= 15 is 0 Å². The molecule has 0 radical (unpaired) electrons. The predicted molar refractivity (Wildman–Crippen MR) is 79.9 cm³/mol. The van der Waals surface area contributed by atoms with E-state index in [1.54, 1.807) is 19.0 Å². The summed E-state index contributed by atoms with van der Waals surface area (Å²) in [6.07, 6.45) is 1.33. The zero-order chi connectivity index (χ0) is 15.4. The first-order valence-electron chi connectivity index (χ1n) is 6.53. The van der Waals surface area contributed by atoms with Gasteiger partial charge in [-0.05, 0) is 19.1 Å². The number of carbonyl (C=O) groups is 1. The van der Waals surface area contributed by atoms with Crippen molar-refractivity contribution in [3.05, 3.63) is 36.0 Å². The van der Waals surface area contributed by atoms with Crippen LogP contribution in [0.1, 0.15) is 17.3 Å². The SMILES string of the molecule is CCOc1cccc(-c2ncc(C(=O)O)c(N(C)C)n2)c1. The molecule has 0 aliphatic carbocycles. The third kappa shape index (κ3) is 3.28. The Morgan fingerprint density at radius 1 is 1.38 bits per heavy atom. The minimum atomic E-state index is -1.05. The summed E-state index contributed by atoms with van der Waals surface area (Å²) < 4.78 is 5.45. The van der Waals surface area contributed by atoms with Gasteiger partial charge in [0.15, 0.2) is 5.82 Å². The minimum Gasteiger partial charge on any atom is -0.494 e. The van der Waals surface area contributed by atoms with Gasteiger partial charge in [0.25, 0.3) is 0 Å². The van der Waals surface area contributed by atoms with Gasteiger partial charge in [-0.2, -0.15) is 0 Å². The Hall–Kier alpha value is -2.63. The van der Waals surface area contributed by atoms with Gasteiger partial charge < -0.3 is 14.7 Å². The number of ether oxygens (including phenoxy) is 1. The number of nitrogens with zero attached hydrogens (tertiary/aromatic N) is 3. The van der Waals surface area contributed by atoms with Crippen molar-refractivity contribution in [1.29, 1.82) is 0 Å². The van der Waals surface area contributed by atoms with Crippen molar-refractivity contribution in [3.63, 3.8) is 0 Å². The van der Waals surface area contributed by atoms with Crippen molar-refractivity contribution in [2.45, 2.75) is 6.92 Å². The topological polar surface area (TPSA) is 75.6 Å². The molecular formula is C15H17N3O3. The lowest BCUT2D eigenvalue weighted by atomic mass is 10.2. The van der Waals surface area contributed by atoms with E-state index in [1.807, 2.05) is 31.2 Å². The third-order valence-electron chi connectivity index (χ3n) is 2.83. The van der Waals surface area contributed by atoms with Crippen LogP contribution >= 0.6 is 0 Å². The molecule has 0 aliphatic rings. The van der Waals surface area contributed by atoms with Gasteiger partial charge in [-0.25, -0.2) is 14.8 Å². The molecule has 0 bridgehead atoms. The molecule has 0 spiro atoms. The van der Waals surface area contributed by atoms with Gasteiger partial charge in [-0.15, -0.1) is 0 Å². The first kappa shape index (κ1) is 14.8. The van der Waals surface area contributed by atoms with E-state index in [2.05, 4.69) is 9.97 Å². The molecule has 0 amide bonds. The largest absolute Gasteiger partial charge is 0.494 e. The number of hydrogen-bond donors (Lipinski definition) is 1. The van der Waals surface area contributed by atoms with Crippen molar-refractivity contribution in [2.24, 2.45) is 0 Å². The molecule has 0 atom stereocenters. The smallest absolute Gasteiger partial charge is 0.341 e. The number of carboxylic acid groups (broad SMARTS) is 1. The molecule has 6 heteroatoms. The van der Waals surface area contributed by atoms with E-state index < -0.39 is 5.97 Å². The molecule has 1 N–H and O–H groups in total. The summed E-state index contributed by atoms with van der Waals surface area (Å²) in [7, 11) is 3.49. The Morgan fingerprint density at radius 2 is 2.14 bits per heavy atom. The van der Waals surface area contributed by atoms with E-state index in [4.69, 9.17) is 9.84 Å². The summed E-state index contributed by atoms with van der Waals surface area (Å²) in [6.45, 7) is 2.49. The van der Waals surface area contributed by atoms with Crippen LogP contribution in [0.3, 0.4) is 0 Å². The standard InChI is InChI=1S/C15H17N3O3/c1-4-21-11-7-5-6-10(8-11)13-16-9-12(15(19)20)14(17-13)18(2)3/h5-9H,4H2,1-3H3,(H,19,20). The second-order valence-corrected chi connectivity index (χ2v) is 4.59. The number of anilines is 1. The van der Waals surface area contributed by atoms with E-state index in [9.17, 15) is 4.79 Å². The number of carboxylic acids is 1. The summed E-state index contributed by atoms with van der Waals surface area (Å²) in [6, 6.07) is 7.39. The number of aromatic nitrogens is 2. The first-order chi connectivity index (χ1) is 10.0. The summed E-state index contributed by atoms with van der Waals surface area (Å²) in [5, 5.41) is 9.16. The lowest BCUT2D eigenvalue weighted by Gasteiger charge is -2.15. The minimum absolute atomic E-state index is 0.0738. The van der Waals surface area contributed by atoms with Crippen LogP contribution in [0.5, 0.6) is 5.75 Å². The maximum atomic E-state index is 11.2. The van der Waals surface area contributed by atoms with E-state index in [-0.39, 0.29) is 5.56 Å². The first-order valence-corrected chi connectivity index (χ1v) is 6.53. The molecule has 21 heavy (non-hydrogen) atoms. The lowest BCUT2D eigenvalue weighted by Crippen LogP contribution is -2.16. The van der Waals surface area contributed by atoms with Crippen LogP contribution in [0.15, 0.2) is 30.5 Å². The predicted octanol–water partition coefficient (Wildman–Crippen LogP) is 2.31. The number of benzene rings is 1. The Labute approximate surface area is 123 Å². The van der Waals surface area contributed by atoms with Crippen LogP contribution in [0.2, 0.25) is 0 Å². The maximum Gasteiger partial charge on any atom is 0.341 e. The molecule has 1 heterocycles. The zero-order valence-electron chi connectivity index (χ0n) is 12.2. The average Bonchev–Trinajstić information content (AvgIpc) is 2.47. The highest BCUT2D eigenvalue weighted by atomic mass is 16.5. The average molecular weight is 287 g/mol. The highest BCUT2D eigenvalue weighted by molar-refractivity contribution is 5.93. The molecule has 0 saturated carbocycles. The molecule has 0 aliphatic heterocycles. The van der Waals surface area contributed by atoms with Crippen molar-refractivity contribution in [1.82, 2.24) is 9.97 Å². The van der Waals surface area contributed by atoms with E-state index in [0.29, 0.717) is 18.2 Å². The van der Waals surface area contributed by atoms with Gasteiger partial charge in [-0.1, -0.05) is 12.1 Å². The van der Waals surface area contributed by atoms with E-state index in [1.165, 1.54) is 6.20 Å². The summed E-state index contributed by atoms with van der Waals surface area (Å²) in [5.74, 6) is 0.514. The molecule has 6 nitrogen and oxygen atoms in total. The van der Waals surface area contributed by atoms with Crippen LogP contribution in [0.4, 0.5) is 5.82 Å². The Balaban J connectivity index is 2.47. The van der Waals surface area contributed by atoms with Gasteiger partial charge in [0.2, 0.25) is 0 Å². The molecule has 2 rings (SSSR count). The van der Waals surface area contributed by atoms with Gasteiger partial charge >= 0.3 is 5.97 Å². The van der Waals surface area contributed by atoms with Crippen molar-refractivity contribution >= 4 is 11.8 Å². The molecule has 0 saturated heterocycles. The monoisotopic (exact) mass is 287 g/mol. The Kier molecular flexibility index (Phi) is 4.37. The summed E-state index contributed by atoms with van der Waals surface area (Å²) >= 11 is 0.